The first-order valence-corrected chi connectivity index (χ1v) is 8.67. The summed E-state index contributed by atoms with van der Waals surface area (Å²) in [6.45, 7) is 2.77. The van der Waals surface area contributed by atoms with Gasteiger partial charge in [-0.3, -0.25) is 9.59 Å². The van der Waals surface area contributed by atoms with Crippen LogP contribution in [-0.2, 0) is 20.8 Å². The molecule has 0 saturated heterocycles. The molecule has 4 atom stereocenters. The van der Waals surface area contributed by atoms with E-state index >= 15 is 0 Å². The van der Waals surface area contributed by atoms with Gasteiger partial charge in [-0.15, -0.1) is 0 Å². The second-order valence-electron chi connectivity index (χ2n) is 6.43. The number of carbonyl (C=O) groups is 3. The molecule has 1 aromatic rings. The van der Waals surface area contributed by atoms with Gasteiger partial charge in [-0.25, -0.2) is 4.79 Å². The van der Waals surface area contributed by atoms with Crippen molar-refractivity contribution in [3.63, 3.8) is 0 Å². The number of nitrogens with two attached hydrogens (primary N) is 1. The number of phenols is 1. The van der Waals surface area contributed by atoms with E-state index in [0.717, 1.165) is 0 Å². The smallest absolute Gasteiger partial charge is 0.326 e. The van der Waals surface area contributed by atoms with E-state index in [9.17, 15) is 29.7 Å². The molecule has 0 aliphatic carbocycles. The standard InChI is InChI=1S/C18H27N3O6/c1-3-10(2)15(18(26)27)21-17(25)14(9-22)20-16(24)13(19)8-11-4-6-12(23)7-5-11/h4-7,10,13-15,22-23H,3,8-9,19H2,1-2H3,(H,20,24)(H,21,25)(H,26,27). The van der Waals surface area contributed by atoms with Crippen molar-refractivity contribution >= 4 is 17.8 Å². The first-order valence-electron chi connectivity index (χ1n) is 8.67. The van der Waals surface area contributed by atoms with Crippen LogP contribution in [0.1, 0.15) is 25.8 Å². The molecule has 1 aromatic carbocycles. The van der Waals surface area contributed by atoms with Gasteiger partial charge in [0.2, 0.25) is 11.8 Å². The maximum absolute atomic E-state index is 12.2. The predicted molar refractivity (Wildman–Crippen MR) is 97.8 cm³/mol. The van der Waals surface area contributed by atoms with Crippen LogP contribution >= 0.6 is 0 Å². The highest BCUT2D eigenvalue weighted by Crippen LogP contribution is 2.11. The number of carboxylic acid groups (broad SMARTS) is 1. The van der Waals surface area contributed by atoms with Gasteiger partial charge < -0.3 is 31.7 Å². The Kier molecular flexibility index (Phi) is 8.70. The Morgan fingerprint density at radius 1 is 1.11 bits per heavy atom. The molecule has 0 aliphatic heterocycles. The molecule has 27 heavy (non-hydrogen) atoms. The van der Waals surface area contributed by atoms with Crippen molar-refractivity contribution in [2.75, 3.05) is 6.61 Å². The van der Waals surface area contributed by atoms with Crippen molar-refractivity contribution < 1.29 is 29.7 Å². The zero-order valence-electron chi connectivity index (χ0n) is 15.4. The molecule has 0 saturated carbocycles. The average molecular weight is 381 g/mol. The van der Waals surface area contributed by atoms with E-state index in [0.29, 0.717) is 12.0 Å². The summed E-state index contributed by atoms with van der Waals surface area (Å²) in [6, 6.07) is 2.73. The van der Waals surface area contributed by atoms with Crippen molar-refractivity contribution in [3.8, 4) is 5.75 Å². The summed E-state index contributed by atoms with van der Waals surface area (Å²) >= 11 is 0. The Labute approximate surface area is 157 Å². The van der Waals surface area contributed by atoms with E-state index in [4.69, 9.17) is 5.73 Å². The fourth-order valence-corrected chi connectivity index (χ4v) is 2.39. The van der Waals surface area contributed by atoms with E-state index in [-0.39, 0.29) is 18.1 Å². The van der Waals surface area contributed by atoms with Crippen molar-refractivity contribution in [3.05, 3.63) is 29.8 Å². The van der Waals surface area contributed by atoms with Gasteiger partial charge in [-0.1, -0.05) is 32.4 Å². The van der Waals surface area contributed by atoms with Crippen LogP contribution in [0.4, 0.5) is 0 Å². The monoisotopic (exact) mass is 381 g/mol. The number of rotatable bonds is 10. The molecular formula is C18H27N3O6. The molecule has 0 spiro atoms. The number of carboxylic acids is 1. The minimum atomic E-state index is -1.31. The van der Waals surface area contributed by atoms with Gasteiger partial charge >= 0.3 is 5.97 Å². The van der Waals surface area contributed by atoms with Gasteiger partial charge in [0.15, 0.2) is 0 Å². The topological polar surface area (TPSA) is 162 Å². The molecule has 4 unspecified atom stereocenters. The summed E-state index contributed by atoms with van der Waals surface area (Å²) in [7, 11) is 0. The molecule has 1 rings (SSSR count). The Bertz CT molecular complexity index is 649. The van der Waals surface area contributed by atoms with Gasteiger partial charge in [0.05, 0.1) is 12.6 Å². The maximum Gasteiger partial charge on any atom is 0.326 e. The molecule has 0 radical (unpaired) electrons. The summed E-state index contributed by atoms with van der Waals surface area (Å²) in [5, 5.41) is 32.6. The molecule has 2 amide bonds. The molecule has 0 heterocycles. The molecule has 9 nitrogen and oxygen atoms in total. The zero-order valence-corrected chi connectivity index (χ0v) is 15.4. The minimum absolute atomic E-state index is 0.0862. The van der Waals surface area contributed by atoms with Crippen LogP contribution in [0.2, 0.25) is 0 Å². The Morgan fingerprint density at radius 3 is 2.19 bits per heavy atom. The number of nitrogens with one attached hydrogen (secondary N) is 2. The average Bonchev–Trinajstić information content (AvgIpc) is 2.64. The molecule has 0 aliphatic rings. The van der Waals surface area contributed by atoms with Gasteiger partial charge in [0, 0.05) is 0 Å². The lowest BCUT2D eigenvalue weighted by atomic mass is 9.99. The van der Waals surface area contributed by atoms with Crippen molar-refractivity contribution in [1.82, 2.24) is 10.6 Å². The summed E-state index contributed by atoms with van der Waals surface area (Å²) in [5.74, 6) is -2.88. The SMILES string of the molecule is CCC(C)C(NC(=O)C(CO)NC(=O)C(N)Cc1ccc(O)cc1)C(=O)O. The first-order chi connectivity index (χ1) is 12.7. The van der Waals surface area contributed by atoms with E-state index in [2.05, 4.69) is 10.6 Å². The predicted octanol–water partition coefficient (Wildman–Crippen LogP) is -0.645. The number of carbonyl (C=O) groups excluding carboxylic acids is 2. The highest BCUT2D eigenvalue weighted by Gasteiger charge is 2.30. The third-order valence-corrected chi connectivity index (χ3v) is 4.32. The third-order valence-electron chi connectivity index (χ3n) is 4.32. The highest BCUT2D eigenvalue weighted by molar-refractivity contribution is 5.92. The van der Waals surface area contributed by atoms with E-state index in [1.165, 1.54) is 12.1 Å². The number of aliphatic hydroxyl groups is 1. The quantitative estimate of drug-likeness (QED) is 0.314. The lowest BCUT2D eigenvalue weighted by molar-refractivity contribution is -0.144. The first kappa shape index (κ1) is 22.4. The number of benzene rings is 1. The summed E-state index contributed by atoms with van der Waals surface area (Å²) in [5.41, 5.74) is 6.54. The van der Waals surface area contributed by atoms with E-state index in [1.54, 1.807) is 26.0 Å². The van der Waals surface area contributed by atoms with Gasteiger partial charge in [-0.2, -0.15) is 0 Å². The highest BCUT2D eigenvalue weighted by atomic mass is 16.4. The number of phenolic OH excluding ortho intramolecular Hbond substituents is 1. The molecule has 0 bridgehead atoms. The normalized spacial score (nSPS) is 15.3. The van der Waals surface area contributed by atoms with Crippen LogP contribution in [0.25, 0.3) is 0 Å². The Balaban J connectivity index is 2.69. The summed E-state index contributed by atoms with van der Waals surface area (Å²) in [4.78, 5) is 35.8. The molecule has 0 aromatic heterocycles. The second-order valence-corrected chi connectivity index (χ2v) is 6.43. The van der Waals surface area contributed by atoms with Gasteiger partial charge in [0.1, 0.15) is 17.8 Å². The maximum atomic E-state index is 12.2. The molecule has 9 heteroatoms. The number of hydrogen-bond acceptors (Lipinski definition) is 6. The Hall–Kier alpha value is -2.65. The second kappa shape index (κ2) is 10.5. The van der Waals surface area contributed by atoms with Crippen LogP contribution in [-0.4, -0.2) is 57.8 Å². The molecule has 150 valence electrons. The number of amides is 2. The number of aliphatic carboxylic acids is 1. The number of hydrogen-bond donors (Lipinski definition) is 6. The van der Waals surface area contributed by atoms with Crippen LogP contribution in [0, 0.1) is 5.92 Å². The van der Waals surface area contributed by atoms with E-state index in [1.807, 2.05) is 0 Å². The Morgan fingerprint density at radius 2 is 1.70 bits per heavy atom. The van der Waals surface area contributed by atoms with Gasteiger partial charge in [0.25, 0.3) is 0 Å². The van der Waals surface area contributed by atoms with Crippen LogP contribution in [0.15, 0.2) is 24.3 Å². The minimum Gasteiger partial charge on any atom is -0.508 e. The zero-order chi connectivity index (χ0) is 20.6. The van der Waals surface area contributed by atoms with Crippen molar-refractivity contribution in [2.24, 2.45) is 11.7 Å². The van der Waals surface area contributed by atoms with Crippen molar-refractivity contribution in [2.45, 2.75) is 44.8 Å². The summed E-state index contributed by atoms with van der Waals surface area (Å²) in [6.07, 6.45) is 0.696. The van der Waals surface area contributed by atoms with Gasteiger partial charge in [-0.05, 0) is 30.0 Å². The van der Waals surface area contributed by atoms with Crippen LogP contribution in [0.5, 0.6) is 5.75 Å². The molecule has 7 N–H and O–H groups in total. The molecular weight excluding hydrogens is 354 g/mol. The fourth-order valence-electron chi connectivity index (χ4n) is 2.39. The van der Waals surface area contributed by atoms with Crippen LogP contribution in [0.3, 0.4) is 0 Å². The lowest BCUT2D eigenvalue weighted by Gasteiger charge is -2.24. The third kappa shape index (κ3) is 6.87. The van der Waals surface area contributed by atoms with Crippen LogP contribution < -0.4 is 16.4 Å². The fraction of sp³-hybridized carbons (Fsp3) is 0.500. The largest absolute Gasteiger partial charge is 0.508 e. The van der Waals surface area contributed by atoms with E-state index < -0.39 is 42.5 Å². The lowest BCUT2D eigenvalue weighted by Crippen LogP contribution is -2.57. The molecule has 0 fully saturated rings. The number of aromatic hydroxyl groups is 1. The summed E-state index contributed by atoms with van der Waals surface area (Å²) < 4.78 is 0. The van der Waals surface area contributed by atoms with Crippen molar-refractivity contribution in [1.29, 1.82) is 0 Å². The number of aliphatic hydroxyl groups excluding tert-OH is 1.